The summed E-state index contributed by atoms with van der Waals surface area (Å²) < 4.78 is 5.49. The third-order valence-corrected chi connectivity index (χ3v) is 8.90. The van der Waals surface area contributed by atoms with Crippen molar-refractivity contribution in [3.8, 4) is 5.13 Å². The van der Waals surface area contributed by atoms with E-state index in [9.17, 15) is 14.4 Å². The fraction of sp³-hybridized carbons (Fsp3) is 0.125. The average molecular weight is 609 g/mol. The number of aromatic nitrogens is 5. The Morgan fingerprint density at radius 2 is 1.79 bits per heavy atom. The maximum absolute atomic E-state index is 14.1. The van der Waals surface area contributed by atoms with Gasteiger partial charge in [0.05, 0.1) is 21.1 Å². The molecule has 4 aromatic heterocycles. The molecular formula is C32H25ClN6O3S. The van der Waals surface area contributed by atoms with Gasteiger partial charge < -0.3 is 14.9 Å². The molecule has 7 aromatic rings. The third-order valence-electron chi connectivity index (χ3n) is 7.64. The molecule has 0 atom stereocenters. The molecule has 43 heavy (non-hydrogen) atoms. The molecule has 0 fully saturated rings. The average Bonchev–Trinajstić information content (AvgIpc) is 3.68. The zero-order chi connectivity index (χ0) is 29.7. The Balaban J connectivity index is 1.33. The van der Waals surface area contributed by atoms with Crippen LogP contribution in [0.1, 0.15) is 11.3 Å². The molecule has 9 nitrogen and oxygen atoms in total. The molecule has 0 aliphatic heterocycles. The maximum atomic E-state index is 14.1. The molecule has 1 amide bonds. The van der Waals surface area contributed by atoms with Crippen LogP contribution >= 0.6 is 22.9 Å². The Morgan fingerprint density at radius 1 is 1.02 bits per heavy atom. The number of fused-ring (bicyclic) bond motifs is 3. The summed E-state index contributed by atoms with van der Waals surface area (Å²) in [4.78, 5) is 48.9. The van der Waals surface area contributed by atoms with E-state index in [2.05, 4.69) is 10.3 Å². The highest BCUT2D eigenvalue weighted by Gasteiger charge is 2.23. The summed E-state index contributed by atoms with van der Waals surface area (Å²) in [5.41, 5.74) is 3.75. The first-order chi connectivity index (χ1) is 20.9. The third kappa shape index (κ3) is 4.84. The van der Waals surface area contributed by atoms with Crippen LogP contribution in [0.5, 0.6) is 0 Å². The molecule has 0 saturated carbocycles. The molecule has 7 rings (SSSR count). The van der Waals surface area contributed by atoms with Crippen molar-refractivity contribution < 1.29 is 4.79 Å². The van der Waals surface area contributed by atoms with Gasteiger partial charge in [-0.15, -0.1) is 0 Å². The first kappa shape index (κ1) is 26.9. The molecule has 2 N–H and O–H groups in total. The lowest BCUT2D eigenvalue weighted by atomic mass is 10.1. The lowest BCUT2D eigenvalue weighted by Gasteiger charge is -2.13. The van der Waals surface area contributed by atoms with Crippen LogP contribution in [-0.4, -0.2) is 29.8 Å². The van der Waals surface area contributed by atoms with E-state index < -0.39 is 0 Å². The highest BCUT2D eigenvalue weighted by Crippen LogP contribution is 2.26. The second-order valence-corrected chi connectivity index (χ2v) is 11.7. The monoisotopic (exact) mass is 608 g/mol. The number of aryl methyl sites for hydroxylation is 2. The molecule has 0 aliphatic rings. The van der Waals surface area contributed by atoms with Crippen molar-refractivity contribution in [1.82, 2.24) is 23.9 Å². The van der Waals surface area contributed by atoms with E-state index in [1.165, 1.54) is 22.1 Å². The minimum absolute atomic E-state index is 0.213. The Bertz CT molecular complexity index is 2260. The number of carbonyl (C=O) groups is 1. The molecule has 0 aliphatic carbocycles. The normalized spacial score (nSPS) is 11.6. The Labute approximate surface area is 253 Å². The van der Waals surface area contributed by atoms with Gasteiger partial charge in [-0.25, -0.2) is 4.98 Å². The number of amides is 1. The second-order valence-electron chi connectivity index (χ2n) is 10.3. The van der Waals surface area contributed by atoms with E-state index in [0.717, 1.165) is 26.7 Å². The van der Waals surface area contributed by atoms with Crippen LogP contribution in [0.25, 0.3) is 37.2 Å². The highest BCUT2D eigenvalue weighted by molar-refractivity contribution is 7.20. The molecule has 11 heteroatoms. The number of nitrogens with one attached hydrogen (secondary N) is 2. The maximum Gasteiger partial charge on any atom is 0.283 e. The van der Waals surface area contributed by atoms with Gasteiger partial charge in [-0.3, -0.25) is 19.1 Å². The predicted octanol–water partition coefficient (Wildman–Crippen LogP) is 5.89. The number of thiazole rings is 1. The number of rotatable bonds is 7. The molecule has 0 saturated heterocycles. The standard InChI is InChI=1S/C32H25ClN6O3S/c1-19-30-26(16-29(41)37(19)15-14-20-17-34-24-7-3-2-6-23(20)24)38(18-28(40)35-22-12-10-21(33)11-13-22)39(31(30)42)32-36-25-8-4-5-9-27(25)43-32/h2-13,16-17,34H,14-15,18H2,1H3,(H,35,40). The van der Waals surface area contributed by atoms with Gasteiger partial charge in [0.2, 0.25) is 11.0 Å². The lowest BCUT2D eigenvalue weighted by molar-refractivity contribution is -0.116. The van der Waals surface area contributed by atoms with Crippen molar-refractivity contribution in [2.45, 2.75) is 26.4 Å². The number of pyridine rings is 1. The second kappa shape index (κ2) is 10.7. The molecule has 3 aromatic carbocycles. The van der Waals surface area contributed by atoms with Crippen LogP contribution in [0.2, 0.25) is 5.02 Å². The Morgan fingerprint density at radius 3 is 2.60 bits per heavy atom. The number of anilines is 1. The molecule has 0 radical (unpaired) electrons. The van der Waals surface area contributed by atoms with E-state index in [-0.39, 0.29) is 23.6 Å². The van der Waals surface area contributed by atoms with Crippen LogP contribution in [0.4, 0.5) is 5.69 Å². The van der Waals surface area contributed by atoms with Gasteiger partial charge in [-0.05, 0) is 61.4 Å². The number of carbonyl (C=O) groups excluding carboxylic acids is 1. The Kier molecular flexibility index (Phi) is 6.72. The van der Waals surface area contributed by atoms with Crippen molar-refractivity contribution in [3.63, 3.8) is 0 Å². The fourth-order valence-corrected chi connectivity index (χ4v) is 6.66. The summed E-state index contributed by atoms with van der Waals surface area (Å²) in [6.45, 7) is 1.96. The van der Waals surface area contributed by atoms with Gasteiger partial charge in [0.1, 0.15) is 6.54 Å². The molecule has 0 unspecified atom stereocenters. The smallest absolute Gasteiger partial charge is 0.283 e. The van der Waals surface area contributed by atoms with Crippen molar-refractivity contribution in [2.24, 2.45) is 0 Å². The summed E-state index contributed by atoms with van der Waals surface area (Å²) in [6.07, 6.45) is 2.56. The number of hydrogen-bond donors (Lipinski definition) is 2. The minimum Gasteiger partial charge on any atom is -0.361 e. The van der Waals surface area contributed by atoms with Crippen LogP contribution in [0.15, 0.2) is 94.6 Å². The minimum atomic E-state index is -0.366. The van der Waals surface area contributed by atoms with Gasteiger partial charge >= 0.3 is 0 Å². The summed E-state index contributed by atoms with van der Waals surface area (Å²) >= 11 is 7.34. The molecule has 214 valence electrons. The van der Waals surface area contributed by atoms with Gasteiger partial charge in [0.25, 0.3) is 11.1 Å². The zero-order valence-corrected chi connectivity index (χ0v) is 24.6. The highest BCUT2D eigenvalue weighted by atomic mass is 35.5. The summed E-state index contributed by atoms with van der Waals surface area (Å²) in [5.74, 6) is -0.366. The predicted molar refractivity (Wildman–Crippen MR) is 172 cm³/mol. The van der Waals surface area contributed by atoms with Crippen molar-refractivity contribution >= 4 is 66.6 Å². The van der Waals surface area contributed by atoms with E-state index in [1.807, 2.05) is 54.7 Å². The number of nitrogens with zero attached hydrogens (tertiary/aromatic N) is 4. The van der Waals surface area contributed by atoms with Crippen molar-refractivity contribution in [2.75, 3.05) is 5.32 Å². The lowest BCUT2D eigenvalue weighted by Crippen LogP contribution is -2.27. The number of aromatic amines is 1. The topological polar surface area (TPSA) is 107 Å². The van der Waals surface area contributed by atoms with E-state index in [0.29, 0.717) is 45.4 Å². The van der Waals surface area contributed by atoms with Gasteiger partial charge in [0.15, 0.2) is 0 Å². The first-order valence-corrected chi connectivity index (χ1v) is 14.9. The molecule has 0 spiro atoms. The summed E-state index contributed by atoms with van der Waals surface area (Å²) in [6, 6.07) is 23.8. The summed E-state index contributed by atoms with van der Waals surface area (Å²) in [5, 5.41) is 5.29. The van der Waals surface area contributed by atoms with Crippen molar-refractivity contribution in [3.05, 3.63) is 122 Å². The van der Waals surface area contributed by atoms with E-state index >= 15 is 0 Å². The van der Waals surface area contributed by atoms with Crippen LogP contribution in [-0.2, 0) is 24.3 Å². The number of halogens is 1. The van der Waals surface area contributed by atoms with Crippen LogP contribution < -0.4 is 16.4 Å². The number of hydrogen-bond acceptors (Lipinski definition) is 5. The van der Waals surface area contributed by atoms with Crippen molar-refractivity contribution in [1.29, 1.82) is 0 Å². The molecule has 0 bridgehead atoms. The zero-order valence-electron chi connectivity index (χ0n) is 23.0. The van der Waals surface area contributed by atoms with E-state index in [4.69, 9.17) is 16.6 Å². The van der Waals surface area contributed by atoms with Crippen LogP contribution in [0, 0.1) is 6.92 Å². The van der Waals surface area contributed by atoms with Gasteiger partial charge in [0, 0.05) is 46.1 Å². The number of H-pyrrole nitrogens is 1. The largest absolute Gasteiger partial charge is 0.361 e. The molecule has 4 heterocycles. The number of benzene rings is 3. The fourth-order valence-electron chi connectivity index (χ4n) is 5.56. The quantitative estimate of drug-likeness (QED) is 0.235. The van der Waals surface area contributed by atoms with Crippen LogP contribution in [0.3, 0.4) is 0 Å². The Hall–Kier alpha value is -4.93. The molecular weight excluding hydrogens is 584 g/mol. The van der Waals surface area contributed by atoms with Gasteiger partial charge in [-0.1, -0.05) is 53.3 Å². The SMILES string of the molecule is Cc1c2c(=O)n(-c3nc4ccccc4s3)n(CC(=O)Nc3ccc(Cl)cc3)c2cc(=O)n1CCc1c[nH]c2ccccc12. The van der Waals surface area contributed by atoms with Gasteiger partial charge in [-0.2, -0.15) is 4.68 Å². The first-order valence-electron chi connectivity index (χ1n) is 13.7. The number of para-hydroxylation sites is 2. The van der Waals surface area contributed by atoms with E-state index in [1.54, 1.807) is 40.4 Å². The summed E-state index contributed by atoms with van der Waals surface area (Å²) in [7, 11) is 0.